The Morgan fingerprint density at radius 3 is 2.60 bits per heavy atom. The molecule has 1 heterocycles. The van der Waals surface area contributed by atoms with E-state index in [0.717, 1.165) is 22.3 Å². The summed E-state index contributed by atoms with van der Waals surface area (Å²) < 4.78 is 5.38. The summed E-state index contributed by atoms with van der Waals surface area (Å²) in [6.45, 7) is 4.17. The molecule has 5 heteroatoms. The lowest BCUT2D eigenvalue weighted by Crippen LogP contribution is -2.31. The highest BCUT2D eigenvalue weighted by atomic mass is 32.1. The Morgan fingerprint density at radius 2 is 1.88 bits per heavy atom. The Hall–Kier alpha value is -2.66. The van der Waals surface area contributed by atoms with Crippen molar-refractivity contribution in [1.29, 1.82) is 0 Å². The molecule has 0 aliphatic carbocycles. The Kier molecular flexibility index (Phi) is 5.14. The normalized spacial score (nSPS) is 11.8. The van der Waals surface area contributed by atoms with E-state index < -0.39 is 0 Å². The molecule has 1 aromatic heterocycles. The number of ether oxygens (including phenoxy) is 1. The number of methoxy groups -OCH3 is 1. The maximum atomic E-state index is 5.49. The molecule has 25 heavy (non-hydrogen) atoms. The first-order chi connectivity index (χ1) is 12.1. The minimum Gasteiger partial charge on any atom is -0.494 e. The van der Waals surface area contributed by atoms with Gasteiger partial charge in [0.05, 0.1) is 13.2 Å². The van der Waals surface area contributed by atoms with Crippen LogP contribution in [0.3, 0.4) is 0 Å². The summed E-state index contributed by atoms with van der Waals surface area (Å²) in [5.41, 5.74) is 4.15. The van der Waals surface area contributed by atoms with E-state index in [0.29, 0.717) is 5.11 Å². The van der Waals surface area contributed by atoms with Gasteiger partial charge in [-0.1, -0.05) is 29.8 Å². The van der Waals surface area contributed by atoms with E-state index >= 15 is 0 Å². The summed E-state index contributed by atoms with van der Waals surface area (Å²) >= 11 is 5.49. The summed E-state index contributed by atoms with van der Waals surface area (Å²) in [5, 5.41) is 8.14. The van der Waals surface area contributed by atoms with Crippen LogP contribution in [0.5, 0.6) is 5.75 Å². The number of benzene rings is 2. The van der Waals surface area contributed by atoms with Gasteiger partial charge in [0.1, 0.15) is 11.3 Å². The fourth-order valence-electron chi connectivity index (χ4n) is 2.71. The van der Waals surface area contributed by atoms with Gasteiger partial charge in [0.25, 0.3) is 0 Å². The lowest BCUT2D eigenvalue weighted by atomic mass is 10.1. The van der Waals surface area contributed by atoms with Crippen molar-refractivity contribution >= 4 is 33.9 Å². The number of aryl methyl sites for hydroxylation is 1. The number of hydrogen-bond donors (Lipinski definition) is 2. The highest BCUT2D eigenvalue weighted by Crippen LogP contribution is 2.29. The predicted octanol–water partition coefficient (Wildman–Crippen LogP) is 4.60. The van der Waals surface area contributed by atoms with Gasteiger partial charge in [-0.25, -0.2) is 0 Å². The molecule has 0 saturated carbocycles. The van der Waals surface area contributed by atoms with Crippen molar-refractivity contribution in [3.8, 4) is 5.75 Å². The molecular weight excluding hydrogens is 330 g/mol. The van der Waals surface area contributed by atoms with E-state index in [1.807, 2.05) is 24.3 Å². The summed E-state index contributed by atoms with van der Waals surface area (Å²) in [7, 11) is 1.64. The fourth-order valence-corrected chi connectivity index (χ4v) is 3.00. The second kappa shape index (κ2) is 7.49. The molecule has 128 valence electrons. The largest absolute Gasteiger partial charge is 0.494 e. The number of anilines is 1. The van der Waals surface area contributed by atoms with Crippen molar-refractivity contribution in [2.45, 2.75) is 19.9 Å². The SMILES string of the molecule is COc1ccc(NC(=S)NC(C)c2ccc(C)cc2)c2cccnc12. The van der Waals surface area contributed by atoms with E-state index in [2.05, 4.69) is 53.7 Å². The monoisotopic (exact) mass is 351 g/mol. The van der Waals surface area contributed by atoms with Gasteiger partial charge in [-0.15, -0.1) is 0 Å². The van der Waals surface area contributed by atoms with E-state index in [4.69, 9.17) is 17.0 Å². The van der Waals surface area contributed by atoms with E-state index in [1.54, 1.807) is 13.3 Å². The molecular formula is C20H21N3OS. The highest BCUT2D eigenvalue weighted by molar-refractivity contribution is 7.80. The standard InChI is InChI=1S/C20H21N3OS/c1-13-6-8-15(9-7-13)14(2)22-20(25)23-17-10-11-18(24-3)19-16(17)5-4-12-21-19/h4-12,14H,1-3H3,(H2,22,23,25). The summed E-state index contributed by atoms with van der Waals surface area (Å²) in [6.07, 6.45) is 1.75. The molecule has 3 rings (SSSR count). The van der Waals surface area contributed by atoms with E-state index in [1.165, 1.54) is 11.1 Å². The highest BCUT2D eigenvalue weighted by Gasteiger charge is 2.10. The van der Waals surface area contributed by atoms with Gasteiger partial charge in [0, 0.05) is 17.3 Å². The molecule has 0 radical (unpaired) electrons. The van der Waals surface area contributed by atoms with Crippen molar-refractivity contribution < 1.29 is 4.74 Å². The predicted molar refractivity (Wildman–Crippen MR) is 107 cm³/mol. The maximum Gasteiger partial charge on any atom is 0.171 e. The lowest BCUT2D eigenvalue weighted by molar-refractivity contribution is 0.419. The molecule has 3 aromatic rings. The Morgan fingerprint density at radius 1 is 1.12 bits per heavy atom. The minimum absolute atomic E-state index is 0.114. The average Bonchev–Trinajstić information content (AvgIpc) is 2.62. The van der Waals surface area contributed by atoms with Crippen LogP contribution in [-0.2, 0) is 0 Å². The molecule has 1 atom stereocenters. The Labute approximate surface area is 153 Å². The molecule has 0 saturated heterocycles. The van der Waals surface area contributed by atoms with Crippen LogP contribution in [0.1, 0.15) is 24.1 Å². The van der Waals surface area contributed by atoms with Crippen LogP contribution in [0.2, 0.25) is 0 Å². The van der Waals surface area contributed by atoms with Crippen LogP contribution >= 0.6 is 12.2 Å². The molecule has 1 unspecified atom stereocenters. The molecule has 2 N–H and O–H groups in total. The maximum absolute atomic E-state index is 5.49. The molecule has 0 spiro atoms. The van der Waals surface area contributed by atoms with E-state index in [-0.39, 0.29) is 6.04 Å². The van der Waals surface area contributed by atoms with Gasteiger partial charge in [0.15, 0.2) is 5.11 Å². The van der Waals surface area contributed by atoms with Crippen molar-refractivity contribution in [2.24, 2.45) is 0 Å². The van der Waals surface area contributed by atoms with Crippen molar-refractivity contribution in [3.05, 3.63) is 65.9 Å². The van der Waals surface area contributed by atoms with Crippen LogP contribution in [-0.4, -0.2) is 17.2 Å². The van der Waals surface area contributed by atoms with Crippen LogP contribution in [0.4, 0.5) is 5.69 Å². The van der Waals surface area contributed by atoms with Crippen molar-refractivity contribution in [1.82, 2.24) is 10.3 Å². The number of aromatic nitrogens is 1. The molecule has 0 aliphatic rings. The molecule has 0 aliphatic heterocycles. The first-order valence-electron chi connectivity index (χ1n) is 8.14. The number of hydrogen-bond acceptors (Lipinski definition) is 3. The van der Waals surface area contributed by atoms with Crippen LogP contribution < -0.4 is 15.4 Å². The summed E-state index contributed by atoms with van der Waals surface area (Å²) in [5.74, 6) is 0.744. The van der Waals surface area contributed by atoms with Gasteiger partial charge >= 0.3 is 0 Å². The second-order valence-electron chi connectivity index (χ2n) is 5.95. The van der Waals surface area contributed by atoms with Gasteiger partial charge < -0.3 is 15.4 Å². The third-order valence-electron chi connectivity index (χ3n) is 4.13. The number of nitrogens with one attached hydrogen (secondary N) is 2. The Bertz CT molecular complexity index is 893. The first-order valence-corrected chi connectivity index (χ1v) is 8.55. The quantitative estimate of drug-likeness (QED) is 0.673. The summed E-state index contributed by atoms with van der Waals surface area (Å²) in [6, 6.07) is 16.3. The number of thiocarbonyl (C=S) groups is 1. The van der Waals surface area contributed by atoms with Crippen LogP contribution in [0, 0.1) is 6.92 Å². The molecule has 0 bridgehead atoms. The van der Waals surface area contributed by atoms with Gasteiger partial charge in [0.2, 0.25) is 0 Å². The van der Waals surface area contributed by atoms with Crippen LogP contribution in [0.15, 0.2) is 54.7 Å². The topological polar surface area (TPSA) is 46.2 Å². The van der Waals surface area contributed by atoms with Crippen LogP contribution in [0.25, 0.3) is 10.9 Å². The average molecular weight is 351 g/mol. The van der Waals surface area contributed by atoms with E-state index in [9.17, 15) is 0 Å². The smallest absolute Gasteiger partial charge is 0.171 e. The molecule has 0 amide bonds. The number of nitrogens with zero attached hydrogens (tertiary/aromatic N) is 1. The van der Waals surface area contributed by atoms with Crippen molar-refractivity contribution in [2.75, 3.05) is 12.4 Å². The Balaban J connectivity index is 1.77. The molecule has 4 nitrogen and oxygen atoms in total. The zero-order valence-corrected chi connectivity index (χ0v) is 15.4. The van der Waals surface area contributed by atoms with Crippen molar-refractivity contribution in [3.63, 3.8) is 0 Å². The number of fused-ring (bicyclic) bond motifs is 1. The zero-order chi connectivity index (χ0) is 17.8. The number of rotatable bonds is 4. The molecule has 2 aromatic carbocycles. The van der Waals surface area contributed by atoms with Gasteiger partial charge in [-0.2, -0.15) is 0 Å². The zero-order valence-electron chi connectivity index (χ0n) is 14.5. The van der Waals surface area contributed by atoms with Gasteiger partial charge in [-0.3, -0.25) is 4.98 Å². The second-order valence-corrected chi connectivity index (χ2v) is 6.35. The summed E-state index contributed by atoms with van der Waals surface area (Å²) in [4.78, 5) is 4.41. The first kappa shape index (κ1) is 17.2. The third kappa shape index (κ3) is 3.88. The fraction of sp³-hybridized carbons (Fsp3) is 0.200. The lowest BCUT2D eigenvalue weighted by Gasteiger charge is -2.18. The third-order valence-corrected chi connectivity index (χ3v) is 4.35. The minimum atomic E-state index is 0.114. The number of pyridine rings is 1. The molecule has 0 fully saturated rings. The van der Waals surface area contributed by atoms with Gasteiger partial charge in [-0.05, 0) is 55.9 Å².